The van der Waals surface area contributed by atoms with Crippen LogP contribution >= 0.6 is 23.2 Å². The first-order chi connectivity index (χ1) is 27.1. The van der Waals surface area contributed by atoms with Gasteiger partial charge in [0.2, 0.25) is 11.8 Å². The number of hydrogen-bond acceptors (Lipinski definition) is 10. The summed E-state index contributed by atoms with van der Waals surface area (Å²) in [6.45, 7) is 0. The third kappa shape index (κ3) is 5.79. The highest BCUT2D eigenvalue weighted by Gasteiger charge is 2.70. The second-order valence-corrected chi connectivity index (χ2v) is 15.0. The van der Waals surface area contributed by atoms with E-state index in [0.717, 1.165) is 11.0 Å². The molecule has 1 saturated carbocycles. The van der Waals surface area contributed by atoms with Crippen LogP contribution in [0.2, 0.25) is 10.0 Å². The van der Waals surface area contributed by atoms with Crippen molar-refractivity contribution in [3.05, 3.63) is 127 Å². The fourth-order valence-electron chi connectivity index (χ4n) is 9.02. The summed E-state index contributed by atoms with van der Waals surface area (Å²) in [5, 5.41) is 23.7. The van der Waals surface area contributed by atoms with Gasteiger partial charge in [-0.25, -0.2) is 9.88 Å². The number of aromatic hydroxyl groups is 1. The number of halogens is 5. The predicted octanol–water partition coefficient (Wildman–Crippen LogP) is 7.22. The van der Waals surface area contributed by atoms with Gasteiger partial charge in [0.1, 0.15) is 11.5 Å². The number of phenolic OH excluding ortho intramolecular Hbond substituents is 1. The summed E-state index contributed by atoms with van der Waals surface area (Å²) in [5.41, 5.74) is 0.0848. The van der Waals surface area contributed by atoms with Crippen molar-refractivity contribution in [1.82, 2.24) is 9.99 Å². The van der Waals surface area contributed by atoms with E-state index in [-0.39, 0.29) is 41.3 Å². The van der Waals surface area contributed by atoms with Crippen molar-refractivity contribution >= 4 is 64.0 Å². The molecule has 0 bridgehead atoms. The minimum Gasteiger partial charge on any atom is -0.508 e. The van der Waals surface area contributed by atoms with Gasteiger partial charge in [-0.3, -0.25) is 34.7 Å². The average Bonchev–Trinajstić information content (AvgIpc) is 3.56. The number of nitro groups is 1. The molecule has 4 amide bonds. The summed E-state index contributed by atoms with van der Waals surface area (Å²) in [6.07, 6.45) is -2.73. The number of alkyl halides is 3. The summed E-state index contributed by atoms with van der Waals surface area (Å²) < 4.78 is 45.8. The Morgan fingerprint density at radius 3 is 2.37 bits per heavy atom. The van der Waals surface area contributed by atoms with Gasteiger partial charge < -0.3 is 9.84 Å². The Kier molecular flexibility index (Phi) is 9.03. The van der Waals surface area contributed by atoms with Crippen molar-refractivity contribution in [1.29, 1.82) is 0 Å². The Morgan fingerprint density at radius 1 is 0.982 bits per heavy atom. The molecular weight excluding hydrogens is 794 g/mol. The van der Waals surface area contributed by atoms with Gasteiger partial charge in [0.05, 0.1) is 51.5 Å². The van der Waals surface area contributed by atoms with Crippen LogP contribution < -0.4 is 15.1 Å². The van der Waals surface area contributed by atoms with Crippen molar-refractivity contribution in [3.63, 3.8) is 0 Å². The van der Waals surface area contributed by atoms with E-state index in [2.05, 4.69) is 10.4 Å². The number of allylic oxidation sites excluding steroid dienone is 2. The molecule has 2 aliphatic carbocycles. The Labute approximate surface area is 330 Å². The smallest absolute Gasteiger partial charge is 0.417 e. The molecule has 6 atom stereocenters. The van der Waals surface area contributed by atoms with Crippen molar-refractivity contribution in [3.8, 4) is 11.5 Å². The molecule has 0 spiro atoms. The molecule has 4 aliphatic rings. The zero-order valence-corrected chi connectivity index (χ0v) is 30.9. The third-order valence-corrected chi connectivity index (χ3v) is 11.9. The second-order valence-electron chi connectivity index (χ2n) is 14.1. The summed E-state index contributed by atoms with van der Waals surface area (Å²) in [4.78, 5) is 74.3. The third-order valence-electron chi connectivity index (χ3n) is 11.4. The topological polar surface area (TPSA) is 172 Å². The number of ether oxygens (including phenoxy) is 1. The standard InChI is InChI=1S/C39H28Cl2F3N5O8/c1-57-23-9-10-25(30(50)15-23)32-24-11-12-26-31(36(53)47(34(26)51)21-3-2-4-22(14-21)49(55)56)27(24)16-28-35(52)48(37(54)38(28,32)18-5-7-20(40)8-6-18)46-33-29(41)13-19(17-45-33)39(42,43)44/h2-11,13-15,17,26-28,31-32,50H,12,16H2,1H3,(H,45,46)/t26-,27+,28-,31-,32+,38+/m0/s1. The number of benzene rings is 3. The molecular formula is C39H28Cl2F3N5O8. The number of imide groups is 2. The van der Waals surface area contributed by atoms with Gasteiger partial charge in [-0.1, -0.05) is 59.1 Å². The number of pyridine rings is 1. The molecule has 3 heterocycles. The zero-order valence-electron chi connectivity index (χ0n) is 29.4. The largest absolute Gasteiger partial charge is 0.508 e. The molecule has 0 unspecified atom stereocenters. The van der Waals surface area contributed by atoms with Crippen molar-refractivity contribution in [2.75, 3.05) is 17.4 Å². The van der Waals surface area contributed by atoms with Gasteiger partial charge >= 0.3 is 6.18 Å². The van der Waals surface area contributed by atoms with Crippen LogP contribution in [-0.4, -0.2) is 50.8 Å². The number of methoxy groups -OCH3 is 1. The maximum absolute atomic E-state index is 15.3. The fourth-order valence-corrected chi connectivity index (χ4v) is 9.36. The fraction of sp³-hybridized carbons (Fsp3) is 0.256. The number of nitro benzene ring substituents is 1. The summed E-state index contributed by atoms with van der Waals surface area (Å²) in [6, 6.07) is 16.2. The normalized spacial score (nSPS) is 25.5. The first kappa shape index (κ1) is 37.9. The van der Waals surface area contributed by atoms with Gasteiger partial charge in [0, 0.05) is 40.9 Å². The number of fused-ring (bicyclic) bond motifs is 4. The highest BCUT2D eigenvalue weighted by atomic mass is 35.5. The maximum Gasteiger partial charge on any atom is 0.417 e. The molecule has 8 rings (SSSR count). The highest BCUT2D eigenvalue weighted by molar-refractivity contribution is 6.33. The van der Waals surface area contributed by atoms with Crippen LogP contribution in [0.5, 0.6) is 11.5 Å². The number of nitrogens with zero attached hydrogens (tertiary/aromatic N) is 4. The van der Waals surface area contributed by atoms with E-state index in [0.29, 0.717) is 33.4 Å². The van der Waals surface area contributed by atoms with Crippen LogP contribution in [0.1, 0.15) is 35.4 Å². The molecule has 57 heavy (non-hydrogen) atoms. The van der Waals surface area contributed by atoms with Gasteiger partial charge in [0.25, 0.3) is 17.5 Å². The molecule has 2 aliphatic heterocycles. The predicted molar refractivity (Wildman–Crippen MR) is 197 cm³/mol. The Morgan fingerprint density at radius 2 is 1.72 bits per heavy atom. The number of nitrogens with one attached hydrogen (secondary N) is 1. The van der Waals surface area contributed by atoms with E-state index >= 15 is 4.79 Å². The Hall–Kier alpha value is -6.00. The van der Waals surface area contributed by atoms with Crippen LogP contribution in [0.25, 0.3) is 0 Å². The number of hydrogen-bond donors (Lipinski definition) is 2. The second kappa shape index (κ2) is 13.6. The van der Waals surface area contributed by atoms with Crippen molar-refractivity contribution in [2.45, 2.75) is 30.4 Å². The number of amides is 4. The lowest BCUT2D eigenvalue weighted by molar-refractivity contribution is -0.384. The summed E-state index contributed by atoms with van der Waals surface area (Å²) in [5.74, 6) is -8.88. The van der Waals surface area contributed by atoms with Gasteiger partial charge in [-0.05, 0) is 54.7 Å². The Balaban J connectivity index is 1.31. The van der Waals surface area contributed by atoms with Crippen LogP contribution in [0.4, 0.5) is 30.4 Å². The van der Waals surface area contributed by atoms with Crippen molar-refractivity contribution < 1.29 is 47.1 Å². The van der Waals surface area contributed by atoms with Crippen LogP contribution in [0.3, 0.4) is 0 Å². The Bertz CT molecular complexity index is 2450. The number of phenols is 1. The van der Waals surface area contributed by atoms with Crippen LogP contribution in [-0.2, 0) is 30.8 Å². The lowest BCUT2D eigenvalue weighted by atomic mass is 9.49. The van der Waals surface area contributed by atoms with E-state index in [9.17, 15) is 42.8 Å². The average molecular weight is 823 g/mol. The SMILES string of the molecule is COc1ccc([C@H]2C3=CC[C@@H]4C(=O)N(c5cccc([N+](=O)[O-])c5)C(=O)[C@@H]4[C@@H]3C[C@H]3C(=O)N(Nc4ncc(C(F)(F)F)cc4Cl)C(=O)[C@@]23c2ccc(Cl)cc2)c(O)c1. The van der Waals surface area contributed by atoms with Gasteiger partial charge in [-0.2, -0.15) is 18.2 Å². The molecule has 13 nitrogen and oxygen atoms in total. The summed E-state index contributed by atoms with van der Waals surface area (Å²) >= 11 is 12.5. The van der Waals surface area contributed by atoms with E-state index in [1.807, 2.05) is 0 Å². The molecule has 3 aromatic carbocycles. The molecule has 4 aromatic rings. The lowest BCUT2D eigenvalue weighted by Crippen LogP contribution is -2.53. The number of aromatic nitrogens is 1. The van der Waals surface area contributed by atoms with Gasteiger partial charge in [-0.15, -0.1) is 0 Å². The van der Waals surface area contributed by atoms with E-state index in [4.69, 9.17) is 27.9 Å². The maximum atomic E-state index is 15.3. The molecule has 1 aromatic heterocycles. The molecule has 0 radical (unpaired) electrons. The van der Waals surface area contributed by atoms with Crippen LogP contribution in [0.15, 0.2) is 90.6 Å². The molecule has 2 saturated heterocycles. The van der Waals surface area contributed by atoms with E-state index < -0.39 is 86.1 Å². The number of carbonyl (C=O) groups is 4. The molecule has 2 N–H and O–H groups in total. The number of carbonyl (C=O) groups excluding carboxylic acids is 4. The quantitative estimate of drug-likeness (QED) is 0.0839. The highest BCUT2D eigenvalue weighted by Crippen LogP contribution is 2.65. The molecule has 18 heteroatoms. The van der Waals surface area contributed by atoms with Gasteiger partial charge in [0.15, 0.2) is 5.82 Å². The minimum atomic E-state index is -4.79. The monoisotopic (exact) mass is 821 g/mol. The van der Waals surface area contributed by atoms with E-state index in [1.54, 1.807) is 24.3 Å². The lowest BCUT2D eigenvalue weighted by Gasteiger charge is -2.50. The number of rotatable bonds is 7. The number of hydrazine groups is 1. The van der Waals surface area contributed by atoms with Crippen LogP contribution in [0, 0.1) is 33.8 Å². The number of non-ortho nitro benzene ring substituents is 1. The first-order valence-corrected chi connectivity index (χ1v) is 18.2. The van der Waals surface area contributed by atoms with Crippen molar-refractivity contribution in [2.24, 2.45) is 23.7 Å². The minimum absolute atomic E-state index is 0.00534. The zero-order chi connectivity index (χ0) is 40.7. The van der Waals surface area contributed by atoms with E-state index in [1.165, 1.54) is 49.6 Å². The number of anilines is 2. The molecule has 292 valence electrons. The first-order valence-electron chi connectivity index (χ1n) is 17.4. The summed E-state index contributed by atoms with van der Waals surface area (Å²) in [7, 11) is 1.39. The molecule has 3 fully saturated rings.